The summed E-state index contributed by atoms with van der Waals surface area (Å²) in [5.74, 6) is -0.591. The van der Waals surface area contributed by atoms with Crippen molar-refractivity contribution in [2.45, 2.75) is 49.9 Å². The standard InChI is InChI=1S/C29H27F6NO3.C2HF3O2/c30-28(31,32)27(37,29(33,34)35)24-8-6-23(7-9-24)22-4-1-20(2-5-22)17-36-13-11-19(12-14-36)15-21-3-10-25-26(16-21)39-18-38-25;3-2(4,5)1(6)7/h1-10,16,19,37H,11-15,17-18H2;(H,6,7). The summed E-state index contributed by atoms with van der Waals surface area (Å²) >= 11 is 0. The molecule has 3 aromatic carbocycles. The summed E-state index contributed by atoms with van der Waals surface area (Å²) in [4.78, 5) is 11.3. The van der Waals surface area contributed by atoms with Crippen LogP contribution in [0.4, 0.5) is 39.5 Å². The highest BCUT2D eigenvalue weighted by atomic mass is 19.4. The minimum absolute atomic E-state index is 0.263. The molecule has 0 aliphatic carbocycles. The van der Waals surface area contributed by atoms with Gasteiger partial charge in [0.1, 0.15) is 0 Å². The molecule has 5 rings (SSSR count). The maximum atomic E-state index is 13.1. The summed E-state index contributed by atoms with van der Waals surface area (Å²) in [6.45, 7) is 2.93. The molecule has 2 heterocycles. The number of hydrogen-bond acceptors (Lipinski definition) is 5. The lowest BCUT2D eigenvalue weighted by atomic mass is 9.89. The zero-order valence-corrected chi connectivity index (χ0v) is 23.8. The number of halogens is 9. The predicted molar refractivity (Wildman–Crippen MR) is 146 cm³/mol. The average molecular weight is 666 g/mol. The Balaban J connectivity index is 0.000000617. The first-order valence-corrected chi connectivity index (χ1v) is 13.8. The Morgan fingerprint density at radius 2 is 1.22 bits per heavy atom. The predicted octanol–water partition coefficient (Wildman–Crippen LogP) is 7.48. The van der Waals surface area contributed by atoms with Crippen molar-refractivity contribution < 1.29 is 64.0 Å². The lowest BCUT2D eigenvalue weighted by molar-refractivity contribution is -0.376. The quantitative estimate of drug-likeness (QED) is 0.266. The highest BCUT2D eigenvalue weighted by Gasteiger charge is 2.71. The number of carboxylic acid groups (broad SMARTS) is 1. The van der Waals surface area contributed by atoms with E-state index in [0.29, 0.717) is 29.2 Å². The first-order valence-electron chi connectivity index (χ1n) is 13.8. The van der Waals surface area contributed by atoms with Gasteiger partial charge in [0, 0.05) is 12.1 Å². The van der Waals surface area contributed by atoms with Gasteiger partial charge in [0.15, 0.2) is 11.5 Å². The highest BCUT2D eigenvalue weighted by molar-refractivity contribution is 5.73. The number of piperidine rings is 1. The van der Waals surface area contributed by atoms with E-state index in [9.17, 15) is 44.6 Å². The second-order valence-corrected chi connectivity index (χ2v) is 10.9. The number of aliphatic carboxylic acids is 1. The van der Waals surface area contributed by atoms with Crippen molar-refractivity contribution in [2.75, 3.05) is 19.9 Å². The Morgan fingerprint density at radius 1 is 0.739 bits per heavy atom. The van der Waals surface area contributed by atoms with Crippen LogP contribution in [0.5, 0.6) is 11.5 Å². The monoisotopic (exact) mass is 665 g/mol. The van der Waals surface area contributed by atoms with Crippen molar-refractivity contribution in [3.8, 4) is 22.6 Å². The van der Waals surface area contributed by atoms with Gasteiger partial charge in [0.05, 0.1) is 0 Å². The number of carboxylic acids is 1. The van der Waals surface area contributed by atoms with Crippen molar-refractivity contribution >= 4 is 5.97 Å². The maximum absolute atomic E-state index is 13.1. The fraction of sp³-hybridized carbons (Fsp3) is 0.387. The largest absolute Gasteiger partial charge is 0.490 e. The molecule has 1 saturated heterocycles. The van der Waals surface area contributed by atoms with E-state index >= 15 is 0 Å². The number of fused-ring (bicyclic) bond motifs is 1. The van der Waals surface area contributed by atoms with Gasteiger partial charge in [-0.05, 0) is 72.7 Å². The number of nitrogens with zero attached hydrogens (tertiary/aromatic N) is 1. The molecule has 6 nitrogen and oxygen atoms in total. The van der Waals surface area contributed by atoms with Gasteiger partial charge < -0.3 is 19.7 Å². The first kappa shape index (κ1) is 34.9. The van der Waals surface area contributed by atoms with Crippen LogP contribution in [0.25, 0.3) is 11.1 Å². The smallest absolute Gasteiger partial charge is 0.475 e. The van der Waals surface area contributed by atoms with Gasteiger partial charge in [0.25, 0.3) is 5.60 Å². The normalized spacial score (nSPS) is 16.1. The van der Waals surface area contributed by atoms with E-state index < -0.39 is 35.7 Å². The molecule has 2 aliphatic heterocycles. The Bertz CT molecular complexity index is 1460. The van der Waals surface area contributed by atoms with Crippen molar-refractivity contribution in [1.29, 1.82) is 0 Å². The molecule has 3 aromatic rings. The van der Waals surface area contributed by atoms with Crippen LogP contribution in [-0.2, 0) is 23.4 Å². The molecule has 0 amide bonds. The van der Waals surface area contributed by atoms with Crippen molar-refractivity contribution in [2.24, 2.45) is 5.92 Å². The van der Waals surface area contributed by atoms with Gasteiger partial charge in [-0.2, -0.15) is 39.5 Å². The van der Waals surface area contributed by atoms with Crippen LogP contribution < -0.4 is 9.47 Å². The molecule has 0 unspecified atom stereocenters. The van der Waals surface area contributed by atoms with E-state index in [-0.39, 0.29) is 6.79 Å². The van der Waals surface area contributed by atoms with Gasteiger partial charge in [0.2, 0.25) is 6.79 Å². The van der Waals surface area contributed by atoms with Gasteiger partial charge in [-0.1, -0.05) is 54.6 Å². The fourth-order valence-corrected chi connectivity index (χ4v) is 5.20. The van der Waals surface area contributed by atoms with Crippen molar-refractivity contribution in [3.05, 3.63) is 83.4 Å². The van der Waals surface area contributed by atoms with Crippen molar-refractivity contribution in [1.82, 2.24) is 4.90 Å². The van der Waals surface area contributed by atoms with E-state index in [1.165, 1.54) is 5.56 Å². The average Bonchev–Trinajstić information content (AvgIpc) is 3.45. The highest BCUT2D eigenvalue weighted by Crippen LogP contribution is 2.50. The van der Waals surface area contributed by atoms with E-state index in [4.69, 9.17) is 19.4 Å². The third-order valence-electron chi connectivity index (χ3n) is 7.73. The topological polar surface area (TPSA) is 79.2 Å². The summed E-state index contributed by atoms with van der Waals surface area (Å²) in [6.07, 6.45) is -13.8. The van der Waals surface area contributed by atoms with Gasteiger partial charge in [-0.25, -0.2) is 4.79 Å². The molecule has 0 bridgehead atoms. The van der Waals surface area contributed by atoms with E-state index in [1.807, 2.05) is 18.2 Å². The second-order valence-electron chi connectivity index (χ2n) is 10.9. The fourth-order valence-electron chi connectivity index (χ4n) is 5.20. The second kappa shape index (κ2) is 13.4. The van der Waals surface area contributed by atoms with Crippen LogP contribution in [0.1, 0.15) is 29.5 Å². The Morgan fingerprint density at radius 3 is 1.72 bits per heavy atom. The molecular formula is C31H28F9NO5. The summed E-state index contributed by atoms with van der Waals surface area (Å²) in [5.41, 5.74) is -2.81. The van der Waals surface area contributed by atoms with Crippen LogP contribution in [0.15, 0.2) is 66.7 Å². The minimum Gasteiger partial charge on any atom is -0.475 e. The molecule has 0 spiro atoms. The van der Waals surface area contributed by atoms with E-state index in [2.05, 4.69) is 17.0 Å². The minimum atomic E-state index is -5.91. The van der Waals surface area contributed by atoms with E-state index in [1.54, 1.807) is 12.1 Å². The molecule has 1 fully saturated rings. The zero-order chi connectivity index (χ0) is 33.9. The number of likely N-dealkylation sites (tertiary alicyclic amines) is 1. The maximum Gasteiger partial charge on any atom is 0.490 e. The summed E-state index contributed by atoms with van der Waals surface area (Å²) in [6, 6.07) is 17.1. The van der Waals surface area contributed by atoms with Crippen molar-refractivity contribution in [3.63, 3.8) is 0 Å². The van der Waals surface area contributed by atoms with Gasteiger partial charge in [-0.3, -0.25) is 4.90 Å². The van der Waals surface area contributed by atoms with Crippen LogP contribution in [0.2, 0.25) is 0 Å². The summed E-state index contributed by atoms with van der Waals surface area (Å²) in [7, 11) is 0. The molecule has 2 aliphatic rings. The Kier molecular flexibility index (Phi) is 10.2. The molecule has 0 radical (unpaired) electrons. The first-order chi connectivity index (χ1) is 21.4. The number of aliphatic hydroxyl groups is 1. The molecule has 0 aromatic heterocycles. The number of alkyl halides is 9. The van der Waals surface area contributed by atoms with Crippen LogP contribution in [0, 0.1) is 5.92 Å². The molecular weight excluding hydrogens is 637 g/mol. The molecule has 46 heavy (non-hydrogen) atoms. The molecule has 2 N–H and O–H groups in total. The van der Waals surface area contributed by atoms with Gasteiger partial charge >= 0.3 is 24.5 Å². The van der Waals surface area contributed by atoms with Crippen LogP contribution in [-0.4, -0.2) is 59.5 Å². The lowest BCUT2D eigenvalue weighted by Gasteiger charge is -2.32. The molecule has 0 atom stereocenters. The number of rotatable bonds is 6. The number of benzene rings is 3. The molecule has 250 valence electrons. The third kappa shape index (κ3) is 8.05. The zero-order valence-electron chi connectivity index (χ0n) is 23.8. The Hall–Kier alpha value is -3.98. The SMILES string of the molecule is O=C(O)C(F)(F)F.OC(c1ccc(-c2ccc(CN3CCC(Cc4ccc5c(c4)OCO5)CC3)cc2)cc1)(C(F)(F)F)C(F)(F)F. The third-order valence-corrected chi connectivity index (χ3v) is 7.73. The molecule has 0 saturated carbocycles. The number of carbonyl (C=O) groups is 1. The lowest BCUT2D eigenvalue weighted by Crippen LogP contribution is -2.53. The number of hydrogen-bond donors (Lipinski definition) is 2. The van der Waals surface area contributed by atoms with Crippen LogP contribution >= 0.6 is 0 Å². The Labute approximate surface area is 257 Å². The van der Waals surface area contributed by atoms with E-state index in [0.717, 1.165) is 68.1 Å². The summed E-state index contributed by atoms with van der Waals surface area (Å²) in [5, 5.41) is 16.7. The van der Waals surface area contributed by atoms with Gasteiger partial charge in [-0.15, -0.1) is 0 Å². The molecule has 15 heteroatoms. The number of ether oxygens (including phenoxy) is 2. The summed E-state index contributed by atoms with van der Waals surface area (Å²) < 4.78 is 121. The van der Waals surface area contributed by atoms with Crippen LogP contribution in [0.3, 0.4) is 0 Å².